The average Bonchev–Trinajstić information content (AvgIpc) is 2.64. The van der Waals surface area contributed by atoms with Crippen LogP contribution in [0.25, 0.3) is 0 Å². The lowest BCUT2D eigenvalue weighted by Crippen LogP contribution is -2.33. The first-order chi connectivity index (χ1) is 9.04. The zero-order valence-electron chi connectivity index (χ0n) is 10.7. The summed E-state index contributed by atoms with van der Waals surface area (Å²) in [5, 5.41) is 0. The quantitative estimate of drug-likeness (QED) is 0.773. The lowest BCUT2D eigenvalue weighted by atomic mass is 9.93. The molecule has 2 N–H and O–H groups in total. The SMILES string of the molecule is CC1C(COPO)OC(n2ccc(=O)[nH]c2=O)C1C. The summed E-state index contributed by atoms with van der Waals surface area (Å²) in [4.78, 5) is 33.7. The van der Waals surface area contributed by atoms with Gasteiger partial charge in [0.1, 0.15) is 6.23 Å². The van der Waals surface area contributed by atoms with E-state index in [-0.39, 0.29) is 24.5 Å². The Morgan fingerprint density at radius 3 is 2.84 bits per heavy atom. The fraction of sp³-hybridized carbons (Fsp3) is 0.636. The van der Waals surface area contributed by atoms with Gasteiger partial charge in [-0.3, -0.25) is 14.3 Å². The molecule has 2 heterocycles. The fourth-order valence-corrected chi connectivity index (χ4v) is 2.52. The number of nitrogens with zero attached hydrogens (tertiary/aromatic N) is 1. The van der Waals surface area contributed by atoms with Crippen molar-refractivity contribution in [2.45, 2.75) is 26.2 Å². The summed E-state index contributed by atoms with van der Waals surface area (Å²) in [5.41, 5.74) is -0.913. The van der Waals surface area contributed by atoms with Crippen molar-refractivity contribution in [3.8, 4) is 0 Å². The van der Waals surface area contributed by atoms with Crippen LogP contribution in [0.5, 0.6) is 0 Å². The number of aromatic nitrogens is 2. The predicted octanol–water partition coefficient (Wildman–Crippen LogP) is 0.224. The van der Waals surface area contributed by atoms with Crippen LogP contribution < -0.4 is 11.2 Å². The number of rotatable bonds is 4. The molecule has 1 saturated heterocycles. The van der Waals surface area contributed by atoms with E-state index in [9.17, 15) is 9.59 Å². The van der Waals surface area contributed by atoms with Crippen LogP contribution in [-0.2, 0) is 9.26 Å². The van der Waals surface area contributed by atoms with Crippen molar-refractivity contribution in [1.29, 1.82) is 0 Å². The van der Waals surface area contributed by atoms with Gasteiger partial charge >= 0.3 is 5.69 Å². The van der Waals surface area contributed by atoms with E-state index in [0.29, 0.717) is 0 Å². The van der Waals surface area contributed by atoms with Gasteiger partial charge < -0.3 is 14.2 Å². The minimum Gasteiger partial charge on any atom is -0.352 e. The van der Waals surface area contributed by atoms with Crippen molar-refractivity contribution in [1.82, 2.24) is 9.55 Å². The van der Waals surface area contributed by atoms with Crippen molar-refractivity contribution in [3.63, 3.8) is 0 Å². The van der Waals surface area contributed by atoms with E-state index in [1.54, 1.807) is 0 Å². The maximum Gasteiger partial charge on any atom is 0.330 e. The van der Waals surface area contributed by atoms with Gasteiger partial charge in [-0.05, 0) is 5.92 Å². The Kier molecular flexibility index (Phi) is 4.52. The van der Waals surface area contributed by atoms with E-state index >= 15 is 0 Å². The monoisotopic (exact) mass is 288 g/mol. The van der Waals surface area contributed by atoms with Gasteiger partial charge in [-0.1, -0.05) is 13.8 Å². The van der Waals surface area contributed by atoms with Gasteiger partial charge in [-0.25, -0.2) is 4.79 Å². The van der Waals surface area contributed by atoms with E-state index in [1.165, 1.54) is 16.8 Å². The standard InChI is InChI=1S/C11H17N2O5P/c1-6-7(2)10(18-8(6)5-17-19-16)13-4-3-9(14)12-11(13)15/h3-4,6-8,10,16,19H,5H2,1-2H3,(H,12,14,15). The summed E-state index contributed by atoms with van der Waals surface area (Å²) in [5.74, 6) is 0.277. The van der Waals surface area contributed by atoms with Gasteiger partial charge in [0.25, 0.3) is 5.56 Å². The van der Waals surface area contributed by atoms with Crippen LogP contribution in [0, 0.1) is 11.8 Å². The van der Waals surface area contributed by atoms with Crippen LogP contribution in [0.3, 0.4) is 0 Å². The second kappa shape index (κ2) is 5.96. The number of aromatic amines is 1. The van der Waals surface area contributed by atoms with Crippen LogP contribution >= 0.6 is 9.03 Å². The number of hydrogen-bond donors (Lipinski definition) is 2. The molecule has 1 fully saturated rings. The summed E-state index contributed by atoms with van der Waals surface area (Å²) >= 11 is 0. The molecular formula is C11H17N2O5P. The van der Waals surface area contributed by atoms with Crippen LogP contribution in [0.2, 0.25) is 0 Å². The van der Waals surface area contributed by atoms with E-state index in [4.69, 9.17) is 14.2 Å². The molecule has 5 unspecified atom stereocenters. The number of H-pyrrole nitrogens is 1. The molecule has 1 aromatic heterocycles. The van der Waals surface area contributed by atoms with Crippen molar-refractivity contribution in [2.75, 3.05) is 6.61 Å². The maximum absolute atomic E-state index is 11.8. The summed E-state index contributed by atoms with van der Waals surface area (Å²) < 4.78 is 12.2. The highest BCUT2D eigenvalue weighted by Gasteiger charge is 2.40. The zero-order valence-corrected chi connectivity index (χ0v) is 11.7. The molecule has 7 nitrogen and oxygen atoms in total. The van der Waals surface area contributed by atoms with E-state index in [2.05, 4.69) is 4.98 Å². The maximum atomic E-state index is 11.8. The molecule has 0 aromatic carbocycles. The molecule has 8 heteroatoms. The van der Waals surface area contributed by atoms with Crippen LogP contribution in [0.4, 0.5) is 0 Å². The highest BCUT2D eigenvalue weighted by molar-refractivity contribution is 7.24. The minimum absolute atomic E-state index is 0.0965. The summed E-state index contributed by atoms with van der Waals surface area (Å²) in [6.45, 7) is 4.28. The molecular weight excluding hydrogens is 271 g/mol. The van der Waals surface area contributed by atoms with Crippen molar-refractivity contribution in [3.05, 3.63) is 33.1 Å². The topological polar surface area (TPSA) is 93.5 Å². The molecule has 1 aromatic rings. The smallest absolute Gasteiger partial charge is 0.330 e. The third-order valence-corrected chi connectivity index (χ3v) is 3.91. The minimum atomic E-state index is -0.575. The third kappa shape index (κ3) is 2.95. The number of hydrogen-bond acceptors (Lipinski definition) is 5. The van der Waals surface area contributed by atoms with Gasteiger partial charge in [0, 0.05) is 18.2 Å². The first-order valence-corrected chi connectivity index (χ1v) is 6.88. The molecule has 0 saturated carbocycles. The summed E-state index contributed by atoms with van der Waals surface area (Å²) in [6, 6.07) is 1.29. The number of ether oxygens (including phenoxy) is 1. The molecule has 1 aliphatic heterocycles. The summed E-state index contributed by atoms with van der Waals surface area (Å²) in [6.07, 6.45) is 0.819. The molecule has 0 aliphatic carbocycles. The molecule has 106 valence electrons. The third-order valence-electron chi connectivity index (χ3n) is 3.62. The van der Waals surface area contributed by atoms with Crippen LogP contribution in [-0.4, -0.2) is 27.2 Å². The lowest BCUT2D eigenvalue weighted by molar-refractivity contribution is -0.0322. The summed E-state index contributed by atoms with van der Waals surface area (Å²) in [7, 11) is -0.575. The fourth-order valence-electron chi connectivity index (χ4n) is 2.28. The van der Waals surface area contributed by atoms with Crippen LogP contribution in [0.15, 0.2) is 21.9 Å². The molecule has 19 heavy (non-hydrogen) atoms. The first-order valence-electron chi connectivity index (χ1n) is 6.02. The Morgan fingerprint density at radius 1 is 1.47 bits per heavy atom. The molecule has 0 radical (unpaired) electrons. The molecule has 2 rings (SSSR count). The van der Waals surface area contributed by atoms with Gasteiger partial charge in [0.15, 0.2) is 9.03 Å². The van der Waals surface area contributed by atoms with E-state index in [1.807, 2.05) is 13.8 Å². The molecule has 1 aliphatic rings. The second-order valence-electron chi connectivity index (χ2n) is 4.70. The predicted molar refractivity (Wildman–Crippen MR) is 70.0 cm³/mol. The van der Waals surface area contributed by atoms with Crippen molar-refractivity contribution < 1.29 is 14.2 Å². The Hall–Kier alpha value is -1.01. The number of nitrogens with one attached hydrogen (secondary N) is 1. The lowest BCUT2D eigenvalue weighted by Gasteiger charge is -2.18. The highest BCUT2D eigenvalue weighted by atomic mass is 31.1. The van der Waals surface area contributed by atoms with Gasteiger partial charge in [-0.2, -0.15) is 0 Å². The normalized spacial score (nSPS) is 31.3. The Bertz CT molecular complexity index is 542. The Balaban J connectivity index is 2.21. The van der Waals surface area contributed by atoms with E-state index in [0.717, 1.165) is 0 Å². The second-order valence-corrected chi connectivity index (χ2v) is 5.17. The highest BCUT2D eigenvalue weighted by Crippen LogP contribution is 2.38. The molecule has 0 spiro atoms. The zero-order chi connectivity index (χ0) is 14.0. The average molecular weight is 288 g/mol. The van der Waals surface area contributed by atoms with Gasteiger partial charge in [-0.15, -0.1) is 0 Å². The van der Waals surface area contributed by atoms with Crippen LogP contribution in [0.1, 0.15) is 20.1 Å². The van der Waals surface area contributed by atoms with Gasteiger partial charge in [0.2, 0.25) is 0 Å². The Labute approximate surface area is 111 Å². The molecule has 0 amide bonds. The largest absolute Gasteiger partial charge is 0.352 e. The molecule has 5 atom stereocenters. The van der Waals surface area contributed by atoms with Crippen molar-refractivity contribution in [2.24, 2.45) is 11.8 Å². The van der Waals surface area contributed by atoms with Crippen molar-refractivity contribution >= 4 is 9.03 Å². The molecule has 0 bridgehead atoms. The Morgan fingerprint density at radius 2 is 2.21 bits per heavy atom. The first kappa shape index (κ1) is 14.4. The van der Waals surface area contributed by atoms with E-state index < -0.39 is 26.5 Å². The van der Waals surface area contributed by atoms with Gasteiger partial charge in [0.05, 0.1) is 12.7 Å².